The van der Waals surface area contributed by atoms with Gasteiger partial charge in [0, 0.05) is 30.3 Å². The van der Waals surface area contributed by atoms with Gasteiger partial charge in [0.15, 0.2) is 5.13 Å². The smallest absolute Gasteiger partial charge is 0.292 e. The fraction of sp³-hybridized carbons (Fsp3) is 0.333. The van der Waals surface area contributed by atoms with Crippen LogP contribution in [-0.4, -0.2) is 22.4 Å². The van der Waals surface area contributed by atoms with Crippen LogP contribution in [0.15, 0.2) is 29.6 Å². The second-order valence-electron chi connectivity index (χ2n) is 5.35. The maximum Gasteiger partial charge on any atom is 0.292 e. The molecule has 120 valence electrons. The van der Waals surface area contributed by atoms with Crippen molar-refractivity contribution in [1.29, 1.82) is 0 Å². The second kappa shape index (κ2) is 6.74. The molecule has 2 aromatic rings. The van der Waals surface area contributed by atoms with Crippen LogP contribution in [0.2, 0.25) is 0 Å². The summed E-state index contributed by atoms with van der Waals surface area (Å²) in [5.74, 6) is 0.407. The van der Waals surface area contributed by atoms with Crippen LogP contribution in [0.25, 0.3) is 0 Å². The third-order valence-corrected chi connectivity index (χ3v) is 4.31. The van der Waals surface area contributed by atoms with E-state index in [4.69, 9.17) is 0 Å². The number of hydrogen-bond acceptors (Lipinski definition) is 6. The van der Waals surface area contributed by atoms with Crippen LogP contribution in [0.1, 0.15) is 30.9 Å². The zero-order chi connectivity index (χ0) is 16.2. The number of amides is 1. The quantitative estimate of drug-likeness (QED) is 0.598. The first-order valence-corrected chi connectivity index (χ1v) is 8.24. The Balaban J connectivity index is 1.48. The fourth-order valence-corrected chi connectivity index (χ4v) is 2.99. The standard InChI is InChI=1S/C15H16N4O3S/c20-14(18-15-17-12(9-23-15)10-5-6-10)7-8-16-11-3-1-2-4-13(11)19(21)22/h1-4,9-10,16H,5-8H2,(H,17,18,20). The monoisotopic (exact) mass is 332 g/mol. The van der Waals surface area contributed by atoms with Gasteiger partial charge in [-0.3, -0.25) is 14.9 Å². The van der Waals surface area contributed by atoms with Crippen LogP contribution in [0.3, 0.4) is 0 Å². The first kappa shape index (κ1) is 15.4. The van der Waals surface area contributed by atoms with Gasteiger partial charge in [0.25, 0.3) is 5.69 Å². The SMILES string of the molecule is O=C(CCNc1ccccc1[N+](=O)[O-])Nc1nc(C2CC2)cs1. The number of anilines is 2. The number of nitro benzene ring substituents is 1. The third kappa shape index (κ3) is 4.04. The lowest BCUT2D eigenvalue weighted by Crippen LogP contribution is -2.16. The van der Waals surface area contributed by atoms with E-state index in [0.717, 1.165) is 5.69 Å². The van der Waals surface area contributed by atoms with Crippen molar-refractivity contribution < 1.29 is 9.72 Å². The largest absolute Gasteiger partial charge is 0.379 e. The Labute approximate surface area is 136 Å². The van der Waals surface area contributed by atoms with Gasteiger partial charge >= 0.3 is 0 Å². The molecule has 1 amide bonds. The Morgan fingerprint density at radius 3 is 2.91 bits per heavy atom. The topological polar surface area (TPSA) is 97.2 Å². The minimum atomic E-state index is -0.447. The molecule has 1 aliphatic rings. The predicted octanol–water partition coefficient (Wildman–Crippen LogP) is 3.37. The average Bonchev–Trinajstić information content (AvgIpc) is 3.28. The van der Waals surface area contributed by atoms with Crippen molar-refractivity contribution in [2.45, 2.75) is 25.2 Å². The van der Waals surface area contributed by atoms with Gasteiger partial charge in [-0.2, -0.15) is 0 Å². The number of thiazole rings is 1. The fourth-order valence-electron chi connectivity index (χ4n) is 2.18. The van der Waals surface area contributed by atoms with Crippen molar-refractivity contribution in [3.63, 3.8) is 0 Å². The molecule has 0 spiro atoms. The maximum atomic E-state index is 11.9. The second-order valence-corrected chi connectivity index (χ2v) is 6.21. The molecule has 1 aliphatic carbocycles. The molecule has 1 aromatic carbocycles. The normalized spacial score (nSPS) is 13.6. The van der Waals surface area contributed by atoms with Crippen molar-refractivity contribution in [3.05, 3.63) is 45.5 Å². The molecule has 0 radical (unpaired) electrons. The number of nitrogens with zero attached hydrogens (tertiary/aromatic N) is 2. The van der Waals surface area contributed by atoms with E-state index in [0.29, 0.717) is 23.3 Å². The van der Waals surface area contributed by atoms with E-state index in [1.165, 1.54) is 30.2 Å². The maximum absolute atomic E-state index is 11.9. The summed E-state index contributed by atoms with van der Waals surface area (Å²) >= 11 is 1.43. The number of benzene rings is 1. The molecule has 0 atom stereocenters. The van der Waals surface area contributed by atoms with Gasteiger partial charge in [-0.05, 0) is 18.9 Å². The number of para-hydroxylation sites is 2. The van der Waals surface area contributed by atoms with Crippen molar-refractivity contribution in [1.82, 2.24) is 4.98 Å². The highest BCUT2D eigenvalue weighted by Gasteiger charge is 2.26. The molecule has 1 fully saturated rings. The van der Waals surface area contributed by atoms with Crippen molar-refractivity contribution in [2.75, 3.05) is 17.2 Å². The van der Waals surface area contributed by atoms with Gasteiger partial charge in [-0.15, -0.1) is 11.3 Å². The number of carbonyl (C=O) groups excluding carboxylic acids is 1. The summed E-state index contributed by atoms with van der Waals surface area (Å²) < 4.78 is 0. The number of hydrogen-bond donors (Lipinski definition) is 2. The Bertz CT molecular complexity index is 727. The minimum Gasteiger partial charge on any atom is -0.379 e. The van der Waals surface area contributed by atoms with Gasteiger partial charge in [0.1, 0.15) is 5.69 Å². The van der Waals surface area contributed by atoms with Gasteiger partial charge in [0.2, 0.25) is 5.91 Å². The molecule has 2 N–H and O–H groups in total. The molecule has 0 saturated heterocycles. The first-order valence-electron chi connectivity index (χ1n) is 7.36. The Morgan fingerprint density at radius 1 is 1.39 bits per heavy atom. The zero-order valence-electron chi connectivity index (χ0n) is 12.3. The number of rotatable bonds is 7. The summed E-state index contributed by atoms with van der Waals surface area (Å²) in [4.78, 5) is 26.7. The molecule has 1 heterocycles. The summed E-state index contributed by atoms with van der Waals surface area (Å²) in [6, 6.07) is 6.37. The summed E-state index contributed by atoms with van der Waals surface area (Å²) in [6.07, 6.45) is 2.57. The van der Waals surface area contributed by atoms with Crippen LogP contribution >= 0.6 is 11.3 Å². The lowest BCUT2D eigenvalue weighted by Gasteiger charge is -2.06. The minimum absolute atomic E-state index is 0.00177. The Hall–Kier alpha value is -2.48. The van der Waals surface area contributed by atoms with E-state index in [-0.39, 0.29) is 18.0 Å². The molecule has 1 saturated carbocycles. The lowest BCUT2D eigenvalue weighted by molar-refractivity contribution is -0.384. The molecular weight excluding hydrogens is 316 g/mol. The summed E-state index contributed by atoms with van der Waals surface area (Å²) in [7, 11) is 0. The number of carbonyl (C=O) groups is 1. The van der Waals surface area contributed by atoms with Crippen LogP contribution in [0.5, 0.6) is 0 Å². The van der Waals surface area contributed by atoms with Crippen molar-refractivity contribution in [2.24, 2.45) is 0 Å². The molecule has 7 nitrogen and oxygen atoms in total. The highest BCUT2D eigenvalue weighted by molar-refractivity contribution is 7.13. The van der Waals surface area contributed by atoms with E-state index in [9.17, 15) is 14.9 Å². The molecule has 1 aromatic heterocycles. The number of aromatic nitrogens is 1. The average molecular weight is 332 g/mol. The van der Waals surface area contributed by atoms with Crippen LogP contribution in [-0.2, 0) is 4.79 Å². The van der Waals surface area contributed by atoms with E-state index in [1.807, 2.05) is 5.38 Å². The zero-order valence-corrected chi connectivity index (χ0v) is 13.1. The van der Waals surface area contributed by atoms with E-state index < -0.39 is 4.92 Å². The van der Waals surface area contributed by atoms with Crippen molar-refractivity contribution in [3.8, 4) is 0 Å². The first-order chi connectivity index (χ1) is 11.1. The lowest BCUT2D eigenvalue weighted by atomic mass is 10.2. The van der Waals surface area contributed by atoms with Gasteiger partial charge < -0.3 is 10.6 Å². The summed E-state index contributed by atoms with van der Waals surface area (Å²) in [6.45, 7) is 0.317. The number of nitrogens with one attached hydrogen (secondary N) is 2. The van der Waals surface area contributed by atoms with E-state index >= 15 is 0 Å². The molecule has 23 heavy (non-hydrogen) atoms. The molecule has 0 unspecified atom stereocenters. The highest BCUT2D eigenvalue weighted by Crippen LogP contribution is 2.40. The Kier molecular flexibility index (Phi) is 4.52. The molecule has 0 aliphatic heterocycles. The third-order valence-electron chi connectivity index (χ3n) is 3.53. The van der Waals surface area contributed by atoms with Crippen LogP contribution in [0.4, 0.5) is 16.5 Å². The van der Waals surface area contributed by atoms with Gasteiger partial charge in [-0.25, -0.2) is 4.98 Å². The molecule has 3 rings (SSSR count). The van der Waals surface area contributed by atoms with E-state index in [1.54, 1.807) is 18.2 Å². The van der Waals surface area contributed by atoms with Gasteiger partial charge in [-0.1, -0.05) is 12.1 Å². The predicted molar refractivity (Wildman–Crippen MR) is 88.9 cm³/mol. The molecule has 0 bridgehead atoms. The number of nitro groups is 1. The Morgan fingerprint density at radius 2 is 2.17 bits per heavy atom. The molecular formula is C15H16N4O3S. The highest BCUT2D eigenvalue weighted by atomic mass is 32.1. The summed E-state index contributed by atoms with van der Waals surface area (Å²) in [5.41, 5.74) is 1.47. The van der Waals surface area contributed by atoms with Gasteiger partial charge in [0.05, 0.1) is 10.6 Å². The van der Waals surface area contributed by atoms with Crippen molar-refractivity contribution >= 4 is 33.8 Å². The van der Waals surface area contributed by atoms with Crippen LogP contribution in [0, 0.1) is 10.1 Å². The molecule has 8 heteroatoms. The van der Waals surface area contributed by atoms with Crippen LogP contribution < -0.4 is 10.6 Å². The summed E-state index contributed by atoms with van der Waals surface area (Å²) in [5, 5.41) is 19.2. The van der Waals surface area contributed by atoms with E-state index in [2.05, 4.69) is 15.6 Å².